The molecular formula is C14H22N4O3S. The predicted octanol–water partition coefficient (Wildman–Crippen LogP) is -0.166. The van der Waals surface area contributed by atoms with Gasteiger partial charge in [0.05, 0.1) is 4.90 Å². The van der Waals surface area contributed by atoms with E-state index in [9.17, 15) is 13.2 Å². The number of sulfonamides is 1. The number of urea groups is 1. The van der Waals surface area contributed by atoms with E-state index in [0.29, 0.717) is 13.0 Å². The van der Waals surface area contributed by atoms with Crippen LogP contribution in [0.5, 0.6) is 0 Å². The summed E-state index contributed by atoms with van der Waals surface area (Å²) >= 11 is 0. The average molecular weight is 326 g/mol. The first kappa shape index (κ1) is 16.7. The van der Waals surface area contributed by atoms with Crippen molar-refractivity contribution in [2.45, 2.75) is 11.3 Å². The Morgan fingerprint density at radius 2 is 1.77 bits per heavy atom. The zero-order valence-corrected chi connectivity index (χ0v) is 13.5. The van der Waals surface area contributed by atoms with Crippen molar-refractivity contribution in [3.8, 4) is 0 Å². The predicted molar refractivity (Wildman–Crippen MR) is 84.0 cm³/mol. The number of benzene rings is 1. The largest absolute Gasteiger partial charge is 0.338 e. The van der Waals surface area contributed by atoms with Gasteiger partial charge < -0.3 is 15.1 Å². The van der Waals surface area contributed by atoms with Gasteiger partial charge in [-0.05, 0) is 31.2 Å². The van der Waals surface area contributed by atoms with Crippen LogP contribution >= 0.6 is 0 Å². The number of rotatable bonds is 4. The molecule has 0 spiro atoms. The first-order chi connectivity index (χ1) is 10.4. The minimum atomic E-state index is -3.65. The maximum Gasteiger partial charge on any atom is 0.317 e. The number of carbonyl (C=O) groups is 1. The lowest BCUT2D eigenvalue weighted by atomic mass is 10.1. The molecule has 0 atom stereocenters. The van der Waals surface area contributed by atoms with Gasteiger partial charge >= 0.3 is 6.03 Å². The van der Waals surface area contributed by atoms with Crippen LogP contribution in [-0.4, -0.2) is 64.0 Å². The summed E-state index contributed by atoms with van der Waals surface area (Å²) in [4.78, 5) is 16.1. The van der Waals surface area contributed by atoms with Crippen molar-refractivity contribution in [2.75, 3.05) is 39.8 Å². The van der Waals surface area contributed by atoms with E-state index in [-0.39, 0.29) is 10.9 Å². The highest BCUT2D eigenvalue weighted by molar-refractivity contribution is 7.89. The number of hydrogen-bond donors (Lipinski definition) is 2. The molecule has 0 radical (unpaired) electrons. The van der Waals surface area contributed by atoms with Crippen molar-refractivity contribution < 1.29 is 13.2 Å². The number of nitrogens with two attached hydrogens (primary N) is 1. The van der Waals surface area contributed by atoms with Crippen molar-refractivity contribution in [2.24, 2.45) is 5.14 Å². The van der Waals surface area contributed by atoms with Crippen LogP contribution in [0.4, 0.5) is 4.79 Å². The lowest BCUT2D eigenvalue weighted by Crippen LogP contribution is -2.50. The fourth-order valence-electron chi connectivity index (χ4n) is 2.28. The van der Waals surface area contributed by atoms with Gasteiger partial charge in [0.15, 0.2) is 0 Å². The van der Waals surface area contributed by atoms with E-state index in [1.807, 2.05) is 11.9 Å². The van der Waals surface area contributed by atoms with Gasteiger partial charge in [0, 0.05) is 32.7 Å². The van der Waals surface area contributed by atoms with Crippen LogP contribution in [-0.2, 0) is 16.4 Å². The summed E-state index contributed by atoms with van der Waals surface area (Å²) in [7, 11) is -1.61. The molecule has 1 aliphatic heterocycles. The normalized spacial score (nSPS) is 16.5. The molecule has 122 valence electrons. The fourth-order valence-corrected chi connectivity index (χ4v) is 2.80. The van der Waals surface area contributed by atoms with Crippen LogP contribution < -0.4 is 10.5 Å². The highest BCUT2D eigenvalue weighted by atomic mass is 32.2. The molecule has 8 heteroatoms. The van der Waals surface area contributed by atoms with Crippen LogP contribution in [0, 0.1) is 0 Å². The fraction of sp³-hybridized carbons (Fsp3) is 0.500. The molecule has 3 N–H and O–H groups in total. The molecule has 7 nitrogen and oxygen atoms in total. The number of likely N-dealkylation sites (N-methyl/N-ethyl adjacent to an activating group) is 1. The molecule has 1 fully saturated rings. The highest BCUT2D eigenvalue weighted by Crippen LogP contribution is 2.09. The van der Waals surface area contributed by atoms with Gasteiger partial charge in [0.2, 0.25) is 10.0 Å². The van der Waals surface area contributed by atoms with E-state index in [4.69, 9.17) is 5.14 Å². The van der Waals surface area contributed by atoms with E-state index in [1.165, 1.54) is 12.1 Å². The molecule has 0 aromatic heterocycles. The second-order valence-electron chi connectivity index (χ2n) is 5.46. The number of amides is 2. The summed E-state index contributed by atoms with van der Waals surface area (Å²) in [5.74, 6) is 0. The zero-order valence-electron chi connectivity index (χ0n) is 12.7. The zero-order chi connectivity index (χ0) is 16.2. The monoisotopic (exact) mass is 326 g/mol. The van der Waals surface area contributed by atoms with Crippen LogP contribution in [0.3, 0.4) is 0 Å². The number of nitrogens with zero attached hydrogens (tertiary/aromatic N) is 2. The van der Waals surface area contributed by atoms with E-state index < -0.39 is 10.0 Å². The third-order valence-electron chi connectivity index (χ3n) is 3.73. The van der Waals surface area contributed by atoms with Gasteiger partial charge in [0.25, 0.3) is 0 Å². The minimum Gasteiger partial charge on any atom is -0.338 e. The Morgan fingerprint density at radius 1 is 1.18 bits per heavy atom. The lowest BCUT2D eigenvalue weighted by molar-refractivity contribution is 0.154. The summed E-state index contributed by atoms with van der Waals surface area (Å²) in [5, 5.41) is 7.93. The molecule has 2 amide bonds. The van der Waals surface area contributed by atoms with Crippen LogP contribution in [0.25, 0.3) is 0 Å². The van der Waals surface area contributed by atoms with Gasteiger partial charge in [-0.15, -0.1) is 0 Å². The molecular weight excluding hydrogens is 304 g/mol. The number of carbonyl (C=O) groups excluding carboxylic acids is 1. The molecule has 1 aromatic carbocycles. The summed E-state index contributed by atoms with van der Waals surface area (Å²) in [6.45, 7) is 3.78. The Labute approximate surface area is 131 Å². The van der Waals surface area contributed by atoms with Crippen molar-refractivity contribution in [1.82, 2.24) is 15.1 Å². The second-order valence-corrected chi connectivity index (χ2v) is 7.02. The molecule has 0 saturated carbocycles. The maximum absolute atomic E-state index is 12.0. The van der Waals surface area contributed by atoms with Crippen molar-refractivity contribution in [3.05, 3.63) is 29.8 Å². The second kappa shape index (κ2) is 7.08. The Morgan fingerprint density at radius 3 is 2.32 bits per heavy atom. The van der Waals surface area contributed by atoms with Crippen LogP contribution in [0.2, 0.25) is 0 Å². The van der Waals surface area contributed by atoms with Crippen LogP contribution in [0.15, 0.2) is 29.2 Å². The minimum absolute atomic E-state index is 0.0470. The van der Waals surface area contributed by atoms with Crippen LogP contribution in [0.1, 0.15) is 5.56 Å². The molecule has 22 heavy (non-hydrogen) atoms. The van der Waals surface area contributed by atoms with Crippen molar-refractivity contribution >= 4 is 16.1 Å². The number of nitrogens with one attached hydrogen (secondary N) is 1. The molecule has 1 aromatic rings. The number of hydrogen-bond acceptors (Lipinski definition) is 4. The van der Waals surface area contributed by atoms with Gasteiger partial charge in [-0.25, -0.2) is 18.4 Å². The van der Waals surface area contributed by atoms with E-state index in [1.54, 1.807) is 12.1 Å². The maximum atomic E-state index is 12.0. The Balaban J connectivity index is 1.77. The molecule has 2 rings (SSSR count). The topological polar surface area (TPSA) is 95.7 Å². The molecule has 0 aliphatic carbocycles. The van der Waals surface area contributed by atoms with Gasteiger partial charge in [-0.1, -0.05) is 12.1 Å². The van der Waals surface area contributed by atoms with E-state index in [0.717, 1.165) is 31.7 Å². The van der Waals surface area contributed by atoms with Gasteiger partial charge in [-0.2, -0.15) is 0 Å². The van der Waals surface area contributed by atoms with Crippen molar-refractivity contribution in [3.63, 3.8) is 0 Å². The number of primary sulfonamides is 1. The standard InChI is InChI=1S/C14H22N4O3S/c1-17-8-10-18(11-9-17)14(19)16-7-6-12-2-4-13(5-3-12)22(15,20)21/h2-5H,6-11H2,1H3,(H,16,19)(H2,15,20,21). The quantitative estimate of drug-likeness (QED) is 0.803. The summed E-state index contributed by atoms with van der Waals surface area (Å²) < 4.78 is 22.3. The lowest BCUT2D eigenvalue weighted by Gasteiger charge is -2.32. The summed E-state index contributed by atoms with van der Waals surface area (Å²) in [5.41, 5.74) is 0.950. The number of piperazine rings is 1. The summed E-state index contributed by atoms with van der Waals surface area (Å²) in [6.07, 6.45) is 0.643. The first-order valence-electron chi connectivity index (χ1n) is 7.19. The molecule has 1 heterocycles. The highest BCUT2D eigenvalue weighted by Gasteiger charge is 2.18. The first-order valence-corrected chi connectivity index (χ1v) is 8.74. The Bertz CT molecular complexity index is 607. The van der Waals surface area contributed by atoms with E-state index in [2.05, 4.69) is 10.2 Å². The smallest absolute Gasteiger partial charge is 0.317 e. The molecule has 0 unspecified atom stereocenters. The molecule has 1 aliphatic rings. The van der Waals surface area contributed by atoms with Gasteiger partial charge in [-0.3, -0.25) is 0 Å². The van der Waals surface area contributed by atoms with E-state index >= 15 is 0 Å². The molecule has 1 saturated heterocycles. The average Bonchev–Trinajstić information content (AvgIpc) is 2.47. The SMILES string of the molecule is CN1CCN(C(=O)NCCc2ccc(S(N)(=O)=O)cc2)CC1. The third-order valence-corrected chi connectivity index (χ3v) is 4.66. The Kier molecular flexibility index (Phi) is 5.38. The molecule has 0 bridgehead atoms. The van der Waals surface area contributed by atoms with Gasteiger partial charge in [0.1, 0.15) is 0 Å². The van der Waals surface area contributed by atoms with Crippen molar-refractivity contribution in [1.29, 1.82) is 0 Å². The third kappa shape index (κ3) is 4.69. The summed E-state index contributed by atoms with van der Waals surface area (Å²) in [6, 6.07) is 6.33. The Hall–Kier alpha value is -1.64.